The molecule has 0 fully saturated rings. The number of carbonyl (C=O) groups is 2. The van der Waals surface area contributed by atoms with Crippen molar-refractivity contribution in [2.75, 3.05) is 30.6 Å². The van der Waals surface area contributed by atoms with Crippen molar-refractivity contribution >= 4 is 35.0 Å². The first-order valence-electron chi connectivity index (χ1n) is 11.7. The number of hydrogen-bond donors (Lipinski definition) is 2. The van der Waals surface area contributed by atoms with Crippen molar-refractivity contribution in [3.63, 3.8) is 0 Å². The molecule has 0 aliphatic carbocycles. The molecule has 0 unspecified atom stereocenters. The van der Waals surface area contributed by atoms with Gasteiger partial charge in [0.05, 0.1) is 31.4 Å². The second-order valence-corrected chi connectivity index (χ2v) is 9.37. The third-order valence-electron chi connectivity index (χ3n) is 5.93. The molecular formula is C28H28N4O5S. The van der Waals surface area contributed by atoms with Gasteiger partial charge < -0.3 is 20.1 Å². The minimum Gasteiger partial charge on any atom is -0.493 e. The van der Waals surface area contributed by atoms with Crippen molar-refractivity contribution < 1.29 is 19.1 Å². The fourth-order valence-electron chi connectivity index (χ4n) is 3.88. The molecule has 4 rings (SSSR count). The first-order valence-corrected chi connectivity index (χ1v) is 12.7. The number of methoxy groups -OCH3 is 2. The van der Waals surface area contributed by atoms with Crippen LogP contribution in [0.15, 0.2) is 82.5 Å². The minimum absolute atomic E-state index is 0.0895. The van der Waals surface area contributed by atoms with Gasteiger partial charge in [0.15, 0.2) is 11.5 Å². The Morgan fingerprint density at radius 3 is 2.34 bits per heavy atom. The lowest BCUT2D eigenvalue weighted by atomic mass is 10.2. The molecule has 2 N–H and O–H groups in total. The summed E-state index contributed by atoms with van der Waals surface area (Å²) in [5.41, 5.74) is 2.31. The van der Waals surface area contributed by atoms with Crippen LogP contribution in [0.5, 0.6) is 11.5 Å². The fraction of sp³-hybridized carbons (Fsp3) is 0.179. The summed E-state index contributed by atoms with van der Waals surface area (Å²) in [6, 6.07) is 21.4. The van der Waals surface area contributed by atoms with Gasteiger partial charge in [0.1, 0.15) is 5.69 Å². The number of ether oxygens (including phenoxy) is 2. The van der Waals surface area contributed by atoms with E-state index in [9.17, 15) is 14.4 Å². The monoisotopic (exact) mass is 532 g/mol. The van der Waals surface area contributed by atoms with E-state index in [1.54, 1.807) is 55.1 Å². The number of nitrogens with one attached hydrogen (secondary N) is 2. The summed E-state index contributed by atoms with van der Waals surface area (Å²) >= 11 is 1.30. The lowest BCUT2D eigenvalue weighted by molar-refractivity contribution is -0.113. The second kappa shape index (κ2) is 11.7. The van der Waals surface area contributed by atoms with Gasteiger partial charge in [0.2, 0.25) is 5.91 Å². The van der Waals surface area contributed by atoms with E-state index in [4.69, 9.17) is 9.47 Å². The van der Waals surface area contributed by atoms with E-state index < -0.39 is 0 Å². The predicted octanol–water partition coefficient (Wildman–Crippen LogP) is 4.48. The Balaban J connectivity index is 1.40. The highest BCUT2D eigenvalue weighted by atomic mass is 32.2. The van der Waals surface area contributed by atoms with Gasteiger partial charge in [-0.2, -0.15) is 0 Å². The largest absolute Gasteiger partial charge is 0.493 e. The molecule has 0 spiro atoms. The second-order valence-electron chi connectivity index (χ2n) is 8.33. The predicted molar refractivity (Wildman–Crippen MR) is 149 cm³/mol. The van der Waals surface area contributed by atoms with Gasteiger partial charge in [-0.15, -0.1) is 11.8 Å². The van der Waals surface area contributed by atoms with Crippen molar-refractivity contribution in [2.24, 2.45) is 7.05 Å². The van der Waals surface area contributed by atoms with Crippen LogP contribution >= 0.6 is 11.8 Å². The van der Waals surface area contributed by atoms with Crippen molar-refractivity contribution in [1.29, 1.82) is 0 Å². The van der Waals surface area contributed by atoms with Crippen LogP contribution in [0.2, 0.25) is 0 Å². The van der Waals surface area contributed by atoms with E-state index in [0.29, 0.717) is 34.1 Å². The van der Waals surface area contributed by atoms with Crippen molar-refractivity contribution in [3.8, 4) is 17.2 Å². The van der Waals surface area contributed by atoms with Crippen LogP contribution in [-0.4, -0.2) is 41.2 Å². The van der Waals surface area contributed by atoms with E-state index in [0.717, 1.165) is 4.90 Å². The number of amides is 2. The van der Waals surface area contributed by atoms with Gasteiger partial charge >= 0.3 is 0 Å². The molecular weight excluding hydrogens is 504 g/mol. The van der Waals surface area contributed by atoms with Gasteiger partial charge in [0.25, 0.3) is 11.5 Å². The normalized spacial score (nSPS) is 10.6. The van der Waals surface area contributed by atoms with Gasteiger partial charge in [0, 0.05) is 23.2 Å². The molecule has 0 radical (unpaired) electrons. The van der Waals surface area contributed by atoms with Crippen LogP contribution in [0.3, 0.4) is 0 Å². The van der Waals surface area contributed by atoms with Crippen LogP contribution in [0.4, 0.5) is 11.4 Å². The van der Waals surface area contributed by atoms with Crippen molar-refractivity contribution in [3.05, 3.63) is 94.4 Å². The number of thioether (sulfide) groups is 1. The molecule has 0 aliphatic heterocycles. The van der Waals surface area contributed by atoms with Crippen molar-refractivity contribution in [2.45, 2.75) is 11.8 Å². The molecule has 0 aliphatic rings. The van der Waals surface area contributed by atoms with E-state index in [1.807, 2.05) is 36.4 Å². The molecule has 0 bridgehead atoms. The Hall–Kier alpha value is -4.44. The maximum atomic E-state index is 13.0. The summed E-state index contributed by atoms with van der Waals surface area (Å²) in [5.74, 6) is 0.470. The molecule has 196 valence electrons. The third kappa shape index (κ3) is 5.76. The Kier molecular flexibility index (Phi) is 8.22. The molecule has 0 atom stereocenters. The van der Waals surface area contributed by atoms with Crippen LogP contribution in [0.1, 0.15) is 16.1 Å². The number of anilines is 2. The topological polar surface area (TPSA) is 104 Å². The smallest absolute Gasteiger partial charge is 0.295 e. The molecule has 4 aromatic rings. The molecule has 0 saturated carbocycles. The average Bonchev–Trinajstić information content (AvgIpc) is 3.14. The summed E-state index contributed by atoms with van der Waals surface area (Å²) in [4.78, 5) is 39.3. The summed E-state index contributed by atoms with van der Waals surface area (Å²) in [5, 5.41) is 5.62. The summed E-state index contributed by atoms with van der Waals surface area (Å²) < 4.78 is 13.7. The number of rotatable bonds is 9. The average molecular weight is 533 g/mol. The number of carbonyl (C=O) groups excluding carboxylic acids is 2. The number of benzene rings is 3. The zero-order chi connectivity index (χ0) is 27.2. The molecule has 38 heavy (non-hydrogen) atoms. The highest BCUT2D eigenvalue weighted by Crippen LogP contribution is 2.28. The maximum Gasteiger partial charge on any atom is 0.295 e. The lowest BCUT2D eigenvalue weighted by Gasteiger charge is -2.11. The Bertz CT molecular complexity index is 1530. The summed E-state index contributed by atoms with van der Waals surface area (Å²) in [7, 11) is 4.81. The zero-order valence-electron chi connectivity index (χ0n) is 21.5. The van der Waals surface area contributed by atoms with E-state index in [1.165, 1.54) is 30.7 Å². The van der Waals surface area contributed by atoms with Crippen LogP contribution in [-0.2, 0) is 11.8 Å². The molecule has 1 aromatic heterocycles. The van der Waals surface area contributed by atoms with Gasteiger partial charge in [-0.3, -0.25) is 19.1 Å². The zero-order valence-corrected chi connectivity index (χ0v) is 22.3. The lowest BCUT2D eigenvalue weighted by Crippen LogP contribution is -2.23. The Labute approximate surface area is 224 Å². The Morgan fingerprint density at radius 1 is 0.895 bits per heavy atom. The molecule has 10 heteroatoms. The molecule has 2 amide bonds. The SMILES string of the molecule is COc1ccc(C(=O)Nc2cccc(SCC(=O)Nc3c(C)n(C)n(-c4ccccc4)c3=O)c2)cc1OC. The van der Waals surface area contributed by atoms with Gasteiger partial charge in [-0.05, 0) is 55.5 Å². The molecule has 1 heterocycles. The highest BCUT2D eigenvalue weighted by molar-refractivity contribution is 8.00. The van der Waals surface area contributed by atoms with Crippen molar-refractivity contribution in [1.82, 2.24) is 9.36 Å². The summed E-state index contributed by atoms with van der Waals surface area (Å²) in [6.07, 6.45) is 0. The standard InChI is InChI=1S/C28H28N4O5S/c1-18-26(28(35)32(31(18)2)21-10-6-5-7-11-21)30-25(33)17-38-22-12-8-9-20(16-22)29-27(34)19-13-14-23(36-3)24(15-19)37-4/h5-16H,17H2,1-4H3,(H,29,34)(H,30,33). The molecule has 9 nitrogen and oxygen atoms in total. The minimum atomic E-state index is -0.305. The number of para-hydroxylation sites is 1. The number of nitrogens with zero attached hydrogens (tertiary/aromatic N) is 2. The van der Waals surface area contributed by atoms with E-state index >= 15 is 0 Å². The fourth-order valence-corrected chi connectivity index (χ4v) is 4.64. The number of hydrogen-bond acceptors (Lipinski definition) is 6. The summed E-state index contributed by atoms with van der Waals surface area (Å²) in [6.45, 7) is 1.79. The van der Waals surface area contributed by atoms with Crippen LogP contribution < -0.4 is 25.7 Å². The van der Waals surface area contributed by atoms with E-state index in [-0.39, 0.29) is 28.8 Å². The number of aromatic nitrogens is 2. The first kappa shape index (κ1) is 26.6. The van der Waals surface area contributed by atoms with Crippen LogP contribution in [0.25, 0.3) is 5.69 Å². The first-order chi connectivity index (χ1) is 18.3. The molecule has 0 saturated heterocycles. The van der Waals surface area contributed by atoms with Crippen LogP contribution in [0, 0.1) is 6.92 Å². The quantitative estimate of drug-likeness (QED) is 0.308. The van der Waals surface area contributed by atoms with E-state index in [2.05, 4.69) is 10.6 Å². The maximum absolute atomic E-state index is 13.0. The van der Waals surface area contributed by atoms with Gasteiger partial charge in [-0.1, -0.05) is 24.3 Å². The Morgan fingerprint density at radius 2 is 1.63 bits per heavy atom. The molecule has 3 aromatic carbocycles. The van der Waals surface area contributed by atoms with Gasteiger partial charge in [-0.25, -0.2) is 4.68 Å². The third-order valence-corrected chi connectivity index (χ3v) is 6.92. The highest BCUT2D eigenvalue weighted by Gasteiger charge is 2.18.